The third-order valence-electron chi connectivity index (χ3n) is 3.36. The highest BCUT2D eigenvalue weighted by atomic mass is 32.1. The molecule has 1 aromatic rings. The molecule has 9 heteroatoms. The molecular formula is C17H24N4O4S. The first-order valence-corrected chi connectivity index (χ1v) is 8.45. The van der Waals surface area contributed by atoms with E-state index in [0.29, 0.717) is 17.7 Å². The van der Waals surface area contributed by atoms with Gasteiger partial charge in [0.25, 0.3) is 0 Å². The molecule has 0 aliphatic rings. The summed E-state index contributed by atoms with van der Waals surface area (Å²) in [5.41, 5.74) is 6.35. The van der Waals surface area contributed by atoms with E-state index >= 15 is 0 Å². The third-order valence-corrected chi connectivity index (χ3v) is 3.61. The number of hydrogen-bond acceptors (Lipinski definition) is 5. The lowest BCUT2D eigenvalue weighted by atomic mass is 10.0. The predicted octanol–water partition coefficient (Wildman–Crippen LogP) is 0.776. The van der Waals surface area contributed by atoms with Gasteiger partial charge in [-0.05, 0) is 48.8 Å². The number of methoxy groups -OCH3 is 1. The standard InChI is InChI=1S/C17H24N4O4S/c1-10(2)8-13(15(18)23)21-14(22)9-19-17(26)20-12-6-4-11(5-7-12)16(24)25-3/h4-7,10,13H,8-9H2,1-3H3,(H2,18,23)(H,21,22)(H2,19,20,26). The number of rotatable bonds is 8. The van der Waals surface area contributed by atoms with E-state index in [0.717, 1.165) is 0 Å². The second-order valence-electron chi connectivity index (χ2n) is 6.03. The van der Waals surface area contributed by atoms with Crippen LogP contribution in [0.4, 0.5) is 5.69 Å². The number of nitrogens with one attached hydrogen (secondary N) is 3. The van der Waals surface area contributed by atoms with E-state index in [1.807, 2.05) is 13.8 Å². The van der Waals surface area contributed by atoms with Gasteiger partial charge in [-0.3, -0.25) is 9.59 Å². The maximum atomic E-state index is 11.9. The molecule has 1 rings (SSSR count). The smallest absolute Gasteiger partial charge is 0.337 e. The summed E-state index contributed by atoms with van der Waals surface area (Å²) < 4.78 is 4.62. The van der Waals surface area contributed by atoms with Crippen LogP contribution in [0.1, 0.15) is 30.6 Å². The molecule has 0 radical (unpaired) electrons. The zero-order valence-electron chi connectivity index (χ0n) is 15.0. The van der Waals surface area contributed by atoms with Gasteiger partial charge in [0.2, 0.25) is 11.8 Å². The lowest BCUT2D eigenvalue weighted by Crippen LogP contribution is -2.48. The monoisotopic (exact) mass is 380 g/mol. The van der Waals surface area contributed by atoms with Crippen LogP contribution in [-0.4, -0.2) is 42.6 Å². The highest BCUT2D eigenvalue weighted by Gasteiger charge is 2.19. The van der Waals surface area contributed by atoms with Crippen LogP contribution >= 0.6 is 12.2 Å². The van der Waals surface area contributed by atoms with Gasteiger partial charge in [0.1, 0.15) is 6.04 Å². The molecule has 142 valence electrons. The number of amides is 2. The SMILES string of the molecule is COC(=O)c1ccc(NC(=S)NCC(=O)NC(CC(C)C)C(N)=O)cc1. The first kappa shape index (κ1) is 21.4. The highest BCUT2D eigenvalue weighted by Crippen LogP contribution is 2.10. The molecule has 2 amide bonds. The van der Waals surface area contributed by atoms with Crippen molar-refractivity contribution in [3.8, 4) is 0 Å². The molecule has 0 saturated heterocycles. The molecule has 0 saturated carbocycles. The summed E-state index contributed by atoms with van der Waals surface area (Å²) in [6.45, 7) is 3.77. The van der Waals surface area contributed by atoms with Gasteiger partial charge in [-0.1, -0.05) is 13.8 Å². The molecule has 5 N–H and O–H groups in total. The molecule has 1 aromatic carbocycles. The molecule has 0 aliphatic carbocycles. The first-order valence-electron chi connectivity index (χ1n) is 8.04. The van der Waals surface area contributed by atoms with Crippen molar-refractivity contribution >= 4 is 40.8 Å². The Morgan fingerprint density at radius 3 is 2.31 bits per heavy atom. The van der Waals surface area contributed by atoms with Crippen LogP contribution < -0.4 is 21.7 Å². The number of esters is 1. The number of carbonyl (C=O) groups excluding carboxylic acids is 3. The van der Waals surface area contributed by atoms with Gasteiger partial charge < -0.3 is 26.4 Å². The van der Waals surface area contributed by atoms with Crippen molar-refractivity contribution in [1.82, 2.24) is 10.6 Å². The van der Waals surface area contributed by atoms with Crippen molar-refractivity contribution in [2.75, 3.05) is 19.0 Å². The van der Waals surface area contributed by atoms with Gasteiger partial charge in [0, 0.05) is 5.69 Å². The average Bonchev–Trinajstić information content (AvgIpc) is 2.59. The molecular weight excluding hydrogens is 356 g/mol. The van der Waals surface area contributed by atoms with Gasteiger partial charge in [-0.2, -0.15) is 0 Å². The highest BCUT2D eigenvalue weighted by molar-refractivity contribution is 7.80. The molecule has 0 bridgehead atoms. The van der Waals surface area contributed by atoms with Crippen LogP contribution in [0.5, 0.6) is 0 Å². The summed E-state index contributed by atoms with van der Waals surface area (Å²) in [4.78, 5) is 34.7. The van der Waals surface area contributed by atoms with Crippen LogP contribution in [0.15, 0.2) is 24.3 Å². The quantitative estimate of drug-likeness (QED) is 0.388. The Labute approximate surface area is 157 Å². The molecule has 0 aliphatic heterocycles. The number of hydrogen-bond donors (Lipinski definition) is 4. The van der Waals surface area contributed by atoms with Crippen LogP contribution in [0, 0.1) is 5.92 Å². The molecule has 26 heavy (non-hydrogen) atoms. The molecule has 1 atom stereocenters. The van der Waals surface area contributed by atoms with E-state index in [2.05, 4.69) is 20.7 Å². The Hall–Kier alpha value is -2.68. The summed E-state index contributed by atoms with van der Waals surface area (Å²) in [5.74, 6) is -1.17. The van der Waals surface area contributed by atoms with Crippen molar-refractivity contribution < 1.29 is 19.1 Å². The Bertz CT molecular complexity index is 661. The second kappa shape index (κ2) is 10.3. The number of primary amides is 1. The van der Waals surface area contributed by atoms with Gasteiger partial charge in [-0.25, -0.2) is 4.79 Å². The van der Waals surface area contributed by atoms with E-state index in [-0.39, 0.29) is 23.5 Å². The maximum absolute atomic E-state index is 11.9. The summed E-state index contributed by atoms with van der Waals surface area (Å²) in [5, 5.41) is 8.43. The van der Waals surface area contributed by atoms with Crippen molar-refractivity contribution in [1.29, 1.82) is 0 Å². The van der Waals surface area contributed by atoms with Crippen LogP contribution in [0.2, 0.25) is 0 Å². The van der Waals surface area contributed by atoms with E-state index in [9.17, 15) is 14.4 Å². The van der Waals surface area contributed by atoms with Crippen molar-refractivity contribution in [2.24, 2.45) is 11.7 Å². The summed E-state index contributed by atoms with van der Waals surface area (Å²) in [7, 11) is 1.31. The number of benzene rings is 1. The van der Waals surface area contributed by atoms with E-state index in [4.69, 9.17) is 18.0 Å². The Balaban J connectivity index is 2.47. The summed E-state index contributed by atoms with van der Waals surface area (Å²) >= 11 is 5.11. The Morgan fingerprint density at radius 2 is 1.81 bits per heavy atom. The number of anilines is 1. The zero-order valence-corrected chi connectivity index (χ0v) is 15.8. The topological polar surface area (TPSA) is 123 Å². The lowest BCUT2D eigenvalue weighted by molar-refractivity contribution is -0.127. The van der Waals surface area contributed by atoms with Crippen LogP contribution in [0.3, 0.4) is 0 Å². The largest absolute Gasteiger partial charge is 0.465 e. The van der Waals surface area contributed by atoms with E-state index in [1.54, 1.807) is 24.3 Å². The fourth-order valence-electron chi connectivity index (χ4n) is 2.11. The fourth-order valence-corrected chi connectivity index (χ4v) is 2.30. The number of nitrogens with two attached hydrogens (primary N) is 1. The first-order chi connectivity index (χ1) is 12.2. The van der Waals surface area contributed by atoms with Crippen molar-refractivity contribution in [2.45, 2.75) is 26.3 Å². The summed E-state index contributed by atoms with van der Waals surface area (Å²) in [6.07, 6.45) is 0.469. The minimum absolute atomic E-state index is 0.103. The van der Waals surface area contributed by atoms with Gasteiger partial charge in [0.05, 0.1) is 19.2 Å². The Morgan fingerprint density at radius 1 is 1.19 bits per heavy atom. The van der Waals surface area contributed by atoms with Gasteiger partial charge >= 0.3 is 5.97 Å². The lowest BCUT2D eigenvalue weighted by Gasteiger charge is -2.18. The normalized spacial score (nSPS) is 11.4. The average molecular weight is 380 g/mol. The second-order valence-corrected chi connectivity index (χ2v) is 6.44. The van der Waals surface area contributed by atoms with E-state index < -0.39 is 17.9 Å². The molecule has 0 spiro atoms. The predicted molar refractivity (Wildman–Crippen MR) is 103 cm³/mol. The van der Waals surface area contributed by atoms with Crippen LogP contribution in [0.25, 0.3) is 0 Å². The molecule has 0 heterocycles. The van der Waals surface area contributed by atoms with Crippen LogP contribution in [-0.2, 0) is 14.3 Å². The summed E-state index contributed by atoms with van der Waals surface area (Å²) in [6, 6.07) is 5.79. The number of thiocarbonyl (C=S) groups is 1. The minimum atomic E-state index is -0.711. The molecule has 0 aromatic heterocycles. The third kappa shape index (κ3) is 7.47. The van der Waals surface area contributed by atoms with Gasteiger partial charge in [-0.15, -0.1) is 0 Å². The number of ether oxygens (including phenoxy) is 1. The fraction of sp³-hybridized carbons (Fsp3) is 0.412. The maximum Gasteiger partial charge on any atom is 0.337 e. The van der Waals surface area contributed by atoms with Crippen molar-refractivity contribution in [3.05, 3.63) is 29.8 Å². The minimum Gasteiger partial charge on any atom is -0.465 e. The van der Waals surface area contributed by atoms with Crippen molar-refractivity contribution in [3.63, 3.8) is 0 Å². The number of carbonyl (C=O) groups is 3. The molecule has 1 unspecified atom stereocenters. The molecule has 8 nitrogen and oxygen atoms in total. The van der Waals surface area contributed by atoms with Gasteiger partial charge in [0.15, 0.2) is 5.11 Å². The molecule has 0 fully saturated rings. The zero-order chi connectivity index (χ0) is 19.7. The Kier molecular flexibility index (Phi) is 8.50. The van der Waals surface area contributed by atoms with E-state index in [1.165, 1.54) is 7.11 Å².